The number of aliphatic hydroxyl groups excluding tert-OH is 13. The first-order valence-electron chi connectivity index (χ1n) is 19.4. The van der Waals surface area contributed by atoms with Crippen molar-refractivity contribution in [3.63, 3.8) is 0 Å². The maximum Gasteiger partial charge on any atom is 0.335 e. The van der Waals surface area contributed by atoms with Crippen LogP contribution in [0.2, 0.25) is 0 Å². The van der Waals surface area contributed by atoms with E-state index >= 15 is 0 Å². The average Bonchev–Trinajstić information content (AvgIpc) is 3.22. The van der Waals surface area contributed by atoms with Crippen LogP contribution in [0.15, 0.2) is 0 Å². The van der Waals surface area contributed by atoms with E-state index in [1.807, 2.05) is 0 Å². The quantitative estimate of drug-likeness (QED) is 0.0769. The van der Waals surface area contributed by atoms with Gasteiger partial charge in [-0.2, -0.15) is 0 Å². The van der Waals surface area contributed by atoms with Gasteiger partial charge in [0.2, 0.25) is 11.8 Å². The van der Waals surface area contributed by atoms with E-state index in [1.165, 1.54) is 6.92 Å². The maximum absolute atomic E-state index is 12.5. The van der Waals surface area contributed by atoms with Gasteiger partial charge in [-0.3, -0.25) is 9.59 Å². The summed E-state index contributed by atoms with van der Waals surface area (Å²) in [5.41, 5.74) is 0. The molecule has 62 heavy (non-hydrogen) atoms. The Balaban J connectivity index is 1.53. The molecule has 25 atom stereocenters. The molecular weight excluding hydrogens is 852 g/mol. The van der Waals surface area contributed by atoms with Gasteiger partial charge in [-0.05, 0) is 6.92 Å². The van der Waals surface area contributed by atoms with Crippen LogP contribution in [0.1, 0.15) is 20.8 Å². The number of ether oxygens (including phenoxy) is 9. The third-order valence-electron chi connectivity index (χ3n) is 11.1. The number of nitrogens with one attached hydrogen (secondary N) is 2. The second-order valence-corrected chi connectivity index (χ2v) is 15.4. The number of rotatable bonds is 14. The zero-order valence-corrected chi connectivity index (χ0v) is 33.2. The van der Waals surface area contributed by atoms with E-state index in [0.717, 1.165) is 13.8 Å². The summed E-state index contributed by atoms with van der Waals surface area (Å²) in [6.45, 7) is 0.310. The predicted octanol–water partition coefficient (Wildman–Crippen LogP) is -10.5. The van der Waals surface area contributed by atoms with E-state index in [-0.39, 0.29) is 0 Å². The second-order valence-electron chi connectivity index (χ2n) is 15.4. The third kappa shape index (κ3) is 10.6. The van der Waals surface area contributed by atoms with Crippen LogP contribution >= 0.6 is 0 Å². The van der Waals surface area contributed by atoms with Crippen molar-refractivity contribution in [2.75, 3.05) is 19.8 Å². The number of hydrogen-bond acceptors (Lipinski definition) is 25. The number of carbonyl (C=O) groups excluding carboxylic acids is 2. The molecule has 0 unspecified atom stereocenters. The fourth-order valence-electron chi connectivity index (χ4n) is 7.72. The van der Waals surface area contributed by atoms with Gasteiger partial charge in [-0.15, -0.1) is 0 Å². The number of hydrogen-bond donors (Lipinski definition) is 16. The lowest BCUT2D eigenvalue weighted by molar-refractivity contribution is -0.399. The molecule has 28 heteroatoms. The zero-order valence-electron chi connectivity index (χ0n) is 33.2. The topological polar surface area (TPSA) is 442 Å². The van der Waals surface area contributed by atoms with E-state index in [2.05, 4.69) is 10.6 Å². The average molecular weight is 909 g/mol. The standard InChI is InChI=1S/C34H56N2O26/c1-7-15(42)20(47)23(50)33(54-7)61-25-17(44)11(5-38)56-34(28(25)62-31-13(35-8(2)40)18(45)16(43)10(4-37)55-31)59-24-12(6-39)57-32(14(19(24)46)36-9(3)41)60-26-21(48)22(49)30(53)58-27(26)29(51)52/h7,10-28,30-34,37-39,42-50,53H,4-6H2,1-3H3,(H,35,40)(H,36,41)(H,51,52)/t7-,10+,11+,12+,13+,14+,15-,16+,17+,18+,19+,20+,21+,22+,23+,24-,25-,26+,27-,28-,30-,31+,32+,33-,34-/m0/s1. The molecule has 5 rings (SSSR count). The van der Waals surface area contributed by atoms with Crippen molar-refractivity contribution in [1.29, 1.82) is 0 Å². The Kier molecular flexibility index (Phi) is 17.3. The summed E-state index contributed by atoms with van der Waals surface area (Å²) in [5.74, 6) is -3.44. The molecule has 0 radical (unpaired) electrons. The van der Waals surface area contributed by atoms with E-state index in [0.29, 0.717) is 0 Å². The van der Waals surface area contributed by atoms with E-state index < -0.39 is 191 Å². The molecule has 5 heterocycles. The van der Waals surface area contributed by atoms with Gasteiger partial charge in [-0.1, -0.05) is 0 Å². The first-order valence-corrected chi connectivity index (χ1v) is 19.4. The van der Waals surface area contributed by atoms with E-state index in [9.17, 15) is 85.9 Å². The highest BCUT2D eigenvalue weighted by molar-refractivity contribution is 5.74. The maximum atomic E-state index is 12.5. The number of aliphatic hydroxyl groups is 13. The SMILES string of the molecule is CC(=O)N[C@H]1[C@@H](O[C@@H]2[C@H](O)[C@@H](O)[C@@H](O)O[C@@H]2C(=O)O)O[C@H](CO)[C@H](O[C@@H]2O[C@H](CO)[C@@H](O)[C@H](O[C@@H]3O[C@@H](C)[C@H](O)[C@@H](O)[C@H]3O)[C@@H]2O[C@H]2O[C@H](CO)[C@@H](O)[C@H](O)[C@H]2NC(C)=O)[C@@H]1O. The number of carboxylic acids is 1. The minimum Gasteiger partial charge on any atom is -0.479 e. The summed E-state index contributed by atoms with van der Waals surface area (Å²) in [6, 6.07) is -3.48. The number of aliphatic carboxylic acids is 1. The first kappa shape index (κ1) is 50.5. The van der Waals surface area contributed by atoms with Gasteiger partial charge in [-0.25, -0.2) is 4.79 Å². The fraction of sp³-hybridized carbons (Fsp3) is 0.912. The molecule has 16 N–H and O–H groups in total. The Morgan fingerprint density at radius 3 is 1.50 bits per heavy atom. The minimum absolute atomic E-state index is 0.788. The lowest BCUT2D eigenvalue weighted by atomic mass is 9.94. The molecule has 0 aromatic heterocycles. The molecule has 0 aromatic carbocycles. The fourth-order valence-corrected chi connectivity index (χ4v) is 7.72. The van der Waals surface area contributed by atoms with Crippen molar-refractivity contribution < 1.29 is 129 Å². The molecule has 28 nitrogen and oxygen atoms in total. The number of amides is 2. The highest BCUT2D eigenvalue weighted by Crippen LogP contribution is 2.37. The highest BCUT2D eigenvalue weighted by atomic mass is 16.8. The monoisotopic (exact) mass is 908 g/mol. The van der Waals surface area contributed by atoms with E-state index in [1.54, 1.807) is 0 Å². The number of carbonyl (C=O) groups is 3. The minimum atomic E-state index is -2.18. The van der Waals surface area contributed by atoms with Gasteiger partial charge >= 0.3 is 5.97 Å². The van der Waals surface area contributed by atoms with Crippen LogP contribution < -0.4 is 10.6 Å². The van der Waals surface area contributed by atoms with Crippen LogP contribution in [0.5, 0.6) is 0 Å². The summed E-state index contributed by atoms with van der Waals surface area (Å²) in [5, 5.41) is 153. The molecule has 0 bridgehead atoms. The van der Waals surface area contributed by atoms with Crippen molar-refractivity contribution in [2.24, 2.45) is 0 Å². The summed E-state index contributed by atoms with van der Waals surface area (Å²) < 4.78 is 51.7. The lowest BCUT2D eigenvalue weighted by Crippen LogP contribution is -2.71. The molecule has 2 amide bonds. The molecule has 0 aromatic rings. The number of carboxylic acid groups (broad SMARTS) is 1. The molecule has 0 saturated carbocycles. The van der Waals surface area contributed by atoms with Crippen molar-refractivity contribution in [3.05, 3.63) is 0 Å². The molecule has 0 aliphatic carbocycles. The van der Waals surface area contributed by atoms with Gasteiger partial charge in [0.25, 0.3) is 0 Å². The highest BCUT2D eigenvalue weighted by Gasteiger charge is 2.58. The summed E-state index contributed by atoms with van der Waals surface area (Å²) in [7, 11) is 0. The van der Waals surface area contributed by atoms with Crippen LogP contribution in [0, 0.1) is 0 Å². The first-order chi connectivity index (χ1) is 29.1. The molecule has 5 fully saturated rings. The Hall–Kier alpha value is -2.47. The summed E-state index contributed by atoms with van der Waals surface area (Å²) >= 11 is 0. The summed E-state index contributed by atoms with van der Waals surface area (Å²) in [6.07, 6.45) is -44.1. The lowest BCUT2D eigenvalue weighted by Gasteiger charge is -2.51. The van der Waals surface area contributed by atoms with E-state index in [4.69, 9.17) is 42.6 Å². The van der Waals surface area contributed by atoms with Crippen molar-refractivity contribution in [1.82, 2.24) is 10.6 Å². The predicted molar refractivity (Wildman–Crippen MR) is 189 cm³/mol. The largest absolute Gasteiger partial charge is 0.479 e. The Morgan fingerprint density at radius 2 is 0.952 bits per heavy atom. The van der Waals surface area contributed by atoms with Crippen molar-refractivity contribution in [2.45, 2.75) is 174 Å². The Bertz CT molecular complexity index is 1500. The van der Waals surface area contributed by atoms with Crippen LogP contribution in [0.4, 0.5) is 0 Å². The van der Waals surface area contributed by atoms with Gasteiger partial charge in [0.1, 0.15) is 110 Å². The van der Waals surface area contributed by atoms with Crippen molar-refractivity contribution in [3.8, 4) is 0 Å². The molecule has 5 aliphatic rings. The summed E-state index contributed by atoms with van der Waals surface area (Å²) in [4.78, 5) is 36.7. The smallest absolute Gasteiger partial charge is 0.335 e. The zero-order chi connectivity index (χ0) is 46.1. The Labute approximate surface area is 350 Å². The van der Waals surface area contributed by atoms with Gasteiger partial charge in [0, 0.05) is 13.8 Å². The normalized spacial score (nSPS) is 48.9. The van der Waals surface area contributed by atoms with Gasteiger partial charge in [0.05, 0.1) is 25.9 Å². The van der Waals surface area contributed by atoms with Crippen molar-refractivity contribution >= 4 is 17.8 Å². The molecular formula is C34H56N2O26. The Morgan fingerprint density at radius 1 is 0.468 bits per heavy atom. The molecule has 5 saturated heterocycles. The third-order valence-corrected chi connectivity index (χ3v) is 11.1. The molecule has 5 aliphatic heterocycles. The van der Waals surface area contributed by atoms with Crippen LogP contribution in [0.25, 0.3) is 0 Å². The molecule has 0 spiro atoms. The van der Waals surface area contributed by atoms with Crippen LogP contribution in [-0.2, 0) is 57.0 Å². The van der Waals surface area contributed by atoms with Crippen LogP contribution in [0.3, 0.4) is 0 Å². The van der Waals surface area contributed by atoms with Gasteiger partial charge in [0.15, 0.2) is 37.6 Å². The van der Waals surface area contributed by atoms with Gasteiger partial charge < -0.3 is 125 Å². The van der Waals surface area contributed by atoms with Crippen LogP contribution in [-0.4, -0.2) is 263 Å². The second kappa shape index (κ2) is 21.2. The molecule has 358 valence electrons.